The summed E-state index contributed by atoms with van der Waals surface area (Å²) in [7, 11) is 0. The van der Waals surface area contributed by atoms with Gasteiger partial charge in [0.15, 0.2) is 0 Å². The van der Waals surface area contributed by atoms with Crippen molar-refractivity contribution in [3.8, 4) is 0 Å². The molecule has 0 aliphatic heterocycles. The Hall–Kier alpha value is -0.370. The van der Waals surface area contributed by atoms with Crippen LogP contribution in [0.2, 0.25) is 0 Å². The molecule has 2 nitrogen and oxygen atoms in total. The fraction of sp³-hybridized carbons (Fsp3) is 0.967. The molecule has 5 fully saturated rings. The van der Waals surface area contributed by atoms with Crippen molar-refractivity contribution < 1.29 is 9.90 Å². The SMILES string of the molecule is CC1(C)CCC[C@@]2(C)C1C(=O)C[C@]1(C)[C@@H]2CC[C@@H]2[C@@]3(C)CC[C@H](C(C)(C)O)[C@@H]3CC[C@]21C. The van der Waals surface area contributed by atoms with Gasteiger partial charge in [0.05, 0.1) is 5.60 Å². The van der Waals surface area contributed by atoms with Crippen LogP contribution in [0, 0.1) is 56.7 Å². The summed E-state index contributed by atoms with van der Waals surface area (Å²) in [5.41, 5.74) is 0.416. The third kappa shape index (κ3) is 2.71. The third-order valence-electron chi connectivity index (χ3n) is 13.2. The molecule has 182 valence electrons. The van der Waals surface area contributed by atoms with Gasteiger partial charge in [-0.2, -0.15) is 0 Å². The second kappa shape index (κ2) is 6.64. The van der Waals surface area contributed by atoms with Crippen molar-refractivity contribution in [2.75, 3.05) is 0 Å². The van der Waals surface area contributed by atoms with Gasteiger partial charge in [0.25, 0.3) is 0 Å². The van der Waals surface area contributed by atoms with Crippen molar-refractivity contribution in [3.05, 3.63) is 0 Å². The summed E-state index contributed by atoms with van der Waals surface area (Å²) in [5.74, 6) is 3.26. The Kier molecular flexibility index (Phi) is 4.85. The summed E-state index contributed by atoms with van der Waals surface area (Å²) in [5, 5.41) is 11.0. The number of hydrogen-bond donors (Lipinski definition) is 1. The van der Waals surface area contributed by atoms with E-state index in [1.807, 2.05) is 13.8 Å². The van der Waals surface area contributed by atoms with E-state index in [0.29, 0.717) is 34.9 Å². The maximum atomic E-state index is 14.0. The van der Waals surface area contributed by atoms with Crippen LogP contribution in [-0.2, 0) is 4.79 Å². The lowest BCUT2D eigenvalue weighted by molar-refractivity contribution is -0.235. The van der Waals surface area contributed by atoms with Crippen LogP contribution in [-0.4, -0.2) is 16.5 Å². The fourth-order valence-corrected chi connectivity index (χ4v) is 12.0. The molecule has 5 rings (SSSR count). The first-order valence-corrected chi connectivity index (χ1v) is 13.9. The number of carbonyl (C=O) groups excluding carboxylic acids is 1. The summed E-state index contributed by atoms with van der Waals surface area (Å²) in [6.45, 7) is 19.1. The monoisotopic (exact) mass is 442 g/mol. The van der Waals surface area contributed by atoms with Crippen LogP contribution in [0.15, 0.2) is 0 Å². The van der Waals surface area contributed by atoms with E-state index in [-0.39, 0.29) is 27.6 Å². The van der Waals surface area contributed by atoms with Crippen molar-refractivity contribution in [1.82, 2.24) is 0 Å². The van der Waals surface area contributed by atoms with Gasteiger partial charge in [-0.3, -0.25) is 4.79 Å². The Morgan fingerprint density at radius 3 is 2.03 bits per heavy atom. The number of ketones is 1. The fourth-order valence-electron chi connectivity index (χ4n) is 12.0. The van der Waals surface area contributed by atoms with Crippen LogP contribution in [0.4, 0.5) is 0 Å². The molecular weight excluding hydrogens is 392 g/mol. The molecule has 9 atom stereocenters. The van der Waals surface area contributed by atoms with E-state index >= 15 is 0 Å². The molecule has 1 N–H and O–H groups in total. The van der Waals surface area contributed by atoms with Gasteiger partial charge in [-0.05, 0) is 116 Å². The van der Waals surface area contributed by atoms with Gasteiger partial charge in [0.2, 0.25) is 0 Å². The Labute approximate surface area is 197 Å². The van der Waals surface area contributed by atoms with Gasteiger partial charge >= 0.3 is 0 Å². The van der Waals surface area contributed by atoms with Crippen LogP contribution >= 0.6 is 0 Å². The van der Waals surface area contributed by atoms with E-state index in [4.69, 9.17) is 0 Å². The summed E-state index contributed by atoms with van der Waals surface area (Å²) < 4.78 is 0. The number of hydrogen-bond acceptors (Lipinski definition) is 2. The highest BCUT2D eigenvalue weighted by Gasteiger charge is 2.72. The van der Waals surface area contributed by atoms with Crippen LogP contribution in [0.3, 0.4) is 0 Å². The van der Waals surface area contributed by atoms with Crippen molar-refractivity contribution in [2.45, 2.75) is 125 Å². The van der Waals surface area contributed by atoms with Gasteiger partial charge in [0, 0.05) is 12.3 Å². The van der Waals surface area contributed by atoms with E-state index in [9.17, 15) is 9.90 Å². The molecule has 2 heteroatoms. The highest BCUT2D eigenvalue weighted by molar-refractivity contribution is 5.85. The highest BCUT2D eigenvalue weighted by Crippen LogP contribution is 2.77. The van der Waals surface area contributed by atoms with Gasteiger partial charge < -0.3 is 5.11 Å². The van der Waals surface area contributed by atoms with Gasteiger partial charge in [0.1, 0.15) is 5.78 Å². The predicted octanol–water partition coefficient (Wildman–Crippen LogP) is 7.43. The standard InChI is InChI=1S/C30H50O2/c1-25(2)14-9-15-28(6)23-11-10-22-27(5)16-12-19(26(3,4)32)20(27)13-17-29(22,7)30(23,8)18-21(31)24(25)28/h19-20,22-24,32H,9-18H2,1-8H3/t19-,20-,22+,23+,24?,27-,28+,29+,30+/m0/s1. The first-order chi connectivity index (χ1) is 14.6. The van der Waals surface area contributed by atoms with Crippen LogP contribution in [0.5, 0.6) is 0 Å². The second-order valence-electron chi connectivity index (χ2n) is 15.4. The van der Waals surface area contributed by atoms with Crippen LogP contribution in [0.1, 0.15) is 120 Å². The maximum absolute atomic E-state index is 14.0. The average molecular weight is 443 g/mol. The summed E-state index contributed by atoms with van der Waals surface area (Å²) in [4.78, 5) is 14.0. The smallest absolute Gasteiger partial charge is 0.137 e. The topological polar surface area (TPSA) is 37.3 Å². The molecule has 0 spiro atoms. The summed E-state index contributed by atoms with van der Waals surface area (Å²) >= 11 is 0. The zero-order chi connectivity index (χ0) is 23.5. The van der Waals surface area contributed by atoms with Crippen molar-refractivity contribution in [2.24, 2.45) is 56.7 Å². The van der Waals surface area contributed by atoms with Crippen molar-refractivity contribution in [1.29, 1.82) is 0 Å². The second-order valence-corrected chi connectivity index (χ2v) is 15.4. The average Bonchev–Trinajstić information content (AvgIpc) is 2.98. The normalized spacial score (nSPS) is 54.9. The van der Waals surface area contributed by atoms with E-state index in [2.05, 4.69) is 41.5 Å². The van der Waals surface area contributed by atoms with Gasteiger partial charge in [-0.25, -0.2) is 0 Å². The first-order valence-electron chi connectivity index (χ1n) is 13.9. The number of rotatable bonds is 1. The quantitative estimate of drug-likeness (QED) is 0.458. The lowest BCUT2D eigenvalue weighted by Gasteiger charge is -2.72. The molecule has 0 aromatic carbocycles. The molecule has 5 aliphatic rings. The maximum Gasteiger partial charge on any atom is 0.137 e. The lowest BCUT2D eigenvalue weighted by atomic mass is 9.31. The lowest BCUT2D eigenvalue weighted by Crippen LogP contribution is -2.68. The number of aliphatic hydroxyl groups is 1. The molecular formula is C30H50O2. The van der Waals surface area contributed by atoms with Gasteiger partial charge in [-0.1, -0.05) is 48.0 Å². The molecule has 32 heavy (non-hydrogen) atoms. The Morgan fingerprint density at radius 2 is 1.41 bits per heavy atom. The molecule has 0 aromatic heterocycles. The molecule has 5 aliphatic carbocycles. The molecule has 0 aromatic rings. The van der Waals surface area contributed by atoms with E-state index in [1.165, 1.54) is 57.8 Å². The molecule has 5 saturated carbocycles. The Morgan fingerprint density at radius 1 is 0.781 bits per heavy atom. The number of Topliss-reactive ketones (excluding diaryl/α,β-unsaturated/α-hetero) is 1. The minimum atomic E-state index is -0.577. The first kappa shape index (κ1) is 23.4. The third-order valence-corrected chi connectivity index (χ3v) is 13.2. The van der Waals surface area contributed by atoms with Crippen molar-refractivity contribution >= 4 is 5.78 Å². The zero-order valence-electron chi connectivity index (χ0n) is 22.3. The van der Waals surface area contributed by atoms with E-state index in [0.717, 1.165) is 6.42 Å². The van der Waals surface area contributed by atoms with E-state index < -0.39 is 5.60 Å². The summed E-state index contributed by atoms with van der Waals surface area (Å²) in [6, 6.07) is 0. The Bertz CT molecular complexity index is 806. The predicted molar refractivity (Wildman–Crippen MR) is 131 cm³/mol. The van der Waals surface area contributed by atoms with Crippen molar-refractivity contribution in [3.63, 3.8) is 0 Å². The van der Waals surface area contributed by atoms with Crippen LogP contribution in [0.25, 0.3) is 0 Å². The molecule has 1 unspecified atom stereocenters. The summed E-state index contributed by atoms with van der Waals surface area (Å²) in [6.07, 6.45) is 12.1. The minimum absolute atomic E-state index is 0.118. The molecule has 0 radical (unpaired) electrons. The minimum Gasteiger partial charge on any atom is -0.390 e. The van der Waals surface area contributed by atoms with Gasteiger partial charge in [-0.15, -0.1) is 0 Å². The highest BCUT2D eigenvalue weighted by atomic mass is 16.3. The molecule has 0 heterocycles. The Balaban J connectivity index is 1.55. The number of fused-ring (bicyclic) bond motifs is 7. The molecule has 0 bridgehead atoms. The largest absolute Gasteiger partial charge is 0.390 e. The zero-order valence-corrected chi connectivity index (χ0v) is 22.3. The molecule has 0 amide bonds. The van der Waals surface area contributed by atoms with E-state index in [1.54, 1.807) is 0 Å². The number of carbonyl (C=O) groups is 1. The molecule has 0 saturated heterocycles. The van der Waals surface area contributed by atoms with Crippen LogP contribution < -0.4 is 0 Å².